The van der Waals surface area contributed by atoms with Crippen LogP contribution in [-0.2, 0) is 0 Å². The number of aromatic nitrogens is 1. The van der Waals surface area contributed by atoms with Crippen molar-refractivity contribution in [3.05, 3.63) is 65.9 Å². The fourth-order valence-electron chi connectivity index (χ4n) is 3.74. The third kappa shape index (κ3) is 3.22. The van der Waals surface area contributed by atoms with Gasteiger partial charge in [0.2, 0.25) is 0 Å². The second kappa shape index (κ2) is 7.24. The molecule has 3 unspecified atom stereocenters. The van der Waals surface area contributed by atoms with Crippen molar-refractivity contribution in [3.63, 3.8) is 0 Å². The van der Waals surface area contributed by atoms with Crippen LogP contribution in [0.2, 0.25) is 0 Å². The standard InChI is InChI=1S/C22H23N3O3/c1-13(26)25(14(2)27)16-7-8-21-18(12-16)19(22(28)24-21)11-15-9-10-23-20-6-4-3-5-17(15)20/h3-14,22,24,26-28H,1-2H3. The number of rotatable bonds is 4. The minimum atomic E-state index is -0.853. The highest BCUT2D eigenvalue weighted by Crippen LogP contribution is 2.39. The highest BCUT2D eigenvalue weighted by molar-refractivity contribution is 5.99. The smallest absolute Gasteiger partial charge is 0.151 e. The van der Waals surface area contributed by atoms with Gasteiger partial charge in [0.05, 0.1) is 5.52 Å². The maximum Gasteiger partial charge on any atom is 0.151 e. The fourth-order valence-corrected chi connectivity index (χ4v) is 3.74. The number of benzene rings is 2. The average molecular weight is 377 g/mol. The third-order valence-electron chi connectivity index (χ3n) is 5.00. The summed E-state index contributed by atoms with van der Waals surface area (Å²) >= 11 is 0. The van der Waals surface area contributed by atoms with Crippen LogP contribution < -0.4 is 10.2 Å². The van der Waals surface area contributed by atoms with E-state index in [9.17, 15) is 15.3 Å². The normalized spacial score (nSPS) is 19.3. The Balaban J connectivity index is 1.83. The average Bonchev–Trinajstić information content (AvgIpc) is 2.96. The Kier molecular flexibility index (Phi) is 4.77. The van der Waals surface area contributed by atoms with Crippen molar-refractivity contribution in [2.24, 2.45) is 0 Å². The summed E-state index contributed by atoms with van der Waals surface area (Å²) in [7, 11) is 0. The molecular formula is C22H23N3O3. The molecule has 3 aromatic rings. The zero-order valence-corrected chi connectivity index (χ0v) is 15.7. The van der Waals surface area contributed by atoms with Gasteiger partial charge in [0.1, 0.15) is 12.5 Å². The molecule has 144 valence electrons. The Hall–Kier alpha value is -2.93. The van der Waals surface area contributed by atoms with E-state index < -0.39 is 18.7 Å². The highest BCUT2D eigenvalue weighted by Gasteiger charge is 2.27. The van der Waals surface area contributed by atoms with E-state index >= 15 is 0 Å². The van der Waals surface area contributed by atoms with Crippen molar-refractivity contribution in [2.45, 2.75) is 32.5 Å². The van der Waals surface area contributed by atoms with E-state index in [1.807, 2.05) is 54.6 Å². The van der Waals surface area contributed by atoms with Crippen LogP contribution in [0.1, 0.15) is 25.0 Å². The predicted octanol–water partition coefficient (Wildman–Crippen LogP) is 3.00. The first-order chi connectivity index (χ1) is 13.5. The molecule has 1 aliphatic heterocycles. The number of nitrogens with zero attached hydrogens (tertiary/aromatic N) is 2. The van der Waals surface area contributed by atoms with Crippen molar-refractivity contribution in [2.75, 3.05) is 10.2 Å². The summed E-state index contributed by atoms with van der Waals surface area (Å²) in [5, 5.41) is 34.7. The first-order valence-electron chi connectivity index (χ1n) is 9.24. The molecule has 3 atom stereocenters. The van der Waals surface area contributed by atoms with Crippen LogP contribution >= 0.6 is 0 Å². The van der Waals surface area contributed by atoms with Crippen LogP contribution in [0.15, 0.2) is 54.7 Å². The second-order valence-corrected chi connectivity index (χ2v) is 6.96. The Morgan fingerprint density at radius 1 is 1.07 bits per heavy atom. The summed E-state index contributed by atoms with van der Waals surface area (Å²) in [6, 6.07) is 15.3. The minimum absolute atomic E-state index is 0.671. The predicted molar refractivity (Wildman–Crippen MR) is 112 cm³/mol. The van der Waals surface area contributed by atoms with Crippen LogP contribution in [0, 0.1) is 0 Å². The molecule has 0 aliphatic carbocycles. The number of hydrogen-bond acceptors (Lipinski definition) is 6. The lowest BCUT2D eigenvalue weighted by Crippen LogP contribution is -2.40. The number of fused-ring (bicyclic) bond motifs is 2. The first-order valence-corrected chi connectivity index (χ1v) is 9.24. The number of pyridine rings is 1. The molecule has 4 rings (SSSR count). The molecule has 1 aliphatic rings. The van der Waals surface area contributed by atoms with Crippen molar-refractivity contribution >= 4 is 33.9 Å². The van der Waals surface area contributed by atoms with E-state index in [0.29, 0.717) is 5.69 Å². The van der Waals surface area contributed by atoms with Gasteiger partial charge in [-0.05, 0) is 55.8 Å². The lowest BCUT2D eigenvalue weighted by molar-refractivity contribution is 0.105. The molecule has 6 nitrogen and oxygen atoms in total. The molecule has 0 radical (unpaired) electrons. The van der Waals surface area contributed by atoms with Gasteiger partial charge in [-0.2, -0.15) is 0 Å². The molecule has 0 bridgehead atoms. The molecule has 2 heterocycles. The van der Waals surface area contributed by atoms with E-state index in [0.717, 1.165) is 33.3 Å². The Morgan fingerprint density at radius 3 is 2.57 bits per heavy atom. The molecule has 0 saturated heterocycles. The fraction of sp³-hybridized carbons (Fsp3) is 0.227. The molecule has 0 fully saturated rings. The summed E-state index contributed by atoms with van der Waals surface area (Å²) < 4.78 is 0. The quantitative estimate of drug-likeness (QED) is 0.523. The van der Waals surface area contributed by atoms with E-state index in [-0.39, 0.29) is 0 Å². The summed E-state index contributed by atoms with van der Waals surface area (Å²) in [6.07, 6.45) is 1.15. The number of aliphatic hydroxyl groups excluding tert-OH is 3. The molecule has 0 amide bonds. The Morgan fingerprint density at radius 2 is 1.82 bits per heavy atom. The van der Waals surface area contributed by atoms with Crippen LogP contribution in [0.25, 0.3) is 22.6 Å². The summed E-state index contributed by atoms with van der Waals surface area (Å²) in [4.78, 5) is 5.89. The molecule has 4 N–H and O–H groups in total. The van der Waals surface area contributed by atoms with E-state index in [1.54, 1.807) is 20.0 Å². The van der Waals surface area contributed by atoms with Gasteiger partial charge in [-0.15, -0.1) is 0 Å². The van der Waals surface area contributed by atoms with Crippen LogP contribution in [0.5, 0.6) is 0 Å². The maximum absolute atomic E-state index is 10.6. The number of anilines is 2. The number of aliphatic hydroxyl groups is 3. The Bertz CT molecular complexity index is 1030. The van der Waals surface area contributed by atoms with Gasteiger partial charge in [-0.25, -0.2) is 0 Å². The van der Waals surface area contributed by atoms with Crippen molar-refractivity contribution in [1.82, 2.24) is 4.98 Å². The summed E-state index contributed by atoms with van der Waals surface area (Å²) in [5.74, 6) is 0. The zero-order valence-electron chi connectivity index (χ0n) is 15.7. The second-order valence-electron chi connectivity index (χ2n) is 6.96. The lowest BCUT2D eigenvalue weighted by Gasteiger charge is -2.30. The SMILES string of the molecule is CC(O)N(c1ccc2c(c1)C(=Cc1ccnc3ccccc13)C(O)N2)C(C)O. The molecule has 28 heavy (non-hydrogen) atoms. The summed E-state index contributed by atoms with van der Waals surface area (Å²) in [6.45, 7) is 3.21. The van der Waals surface area contributed by atoms with Gasteiger partial charge < -0.3 is 25.5 Å². The minimum Gasteiger partial charge on any atom is -0.374 e. The topological polar surface area (TPSA) is 88.9 Å². The largest absolute Gasteiger partial charge is 0.374 e. The molecule has 6 heteroatoms. The monoisotopic (exact) mass is 377 g/mol. The molecule has 2 aromatic carbocycles. The highest BCUT2D eigenvalue weighted by atomic mass is 16.3. The van der Waals surface area contributed by atoms with Crippen molar-refractivity contribution < 1.29 is 15.3 Å². The van der Waals surface area contributed by atoms with Gasteiger partial charge >= 0.3 is 0 Å². The third-order valence-corrected chi connectivity index (χ3v) is 5.00. The first kappa shape index (κ1) is 18.4. The van der Waals surface area contributed by atoms with Crippen LogP contribution in [-0.4, -0.2) is 39.0 Å². The van der Waals surface area contributed by atoms with E-state index in [2.05, 4.69) is 10.3 Å². The zero-order chi connectivity index (χ0) is 19.8. The van der Waals surface area contributed by atoms with Gasteiger partial charge in [0, 0.05) is 34.1 Å². The molecule has 1 aromatic heterocycles. The number of hydrogen-bond donors (Lipinski definition) is 4. The van der Waals surface area contributed by atoms with E-state index in [1.165, 1.54) is 4.90 Å². The number of para-hydroxylation sites is 1. The number of nitrogens with one attached hydrogen (secondary N) is 1. The van der Waals surface area contributed by atoms with Gasteiger partial charge in [-0.3, -0.25) is 4.98 Å². The van der Waals surface area contributed by atoms with E-state index in [4.69, 9.17) is 0 Å². The summed E-state index contributed by atoms with van der Waals surface area (Å²) in [5.41, 5.74) is 4.88. The lowest BCUT2D eigenvalue weighted by atomic mass is 10.0. The van der Waals surface area contributed by atoms with Gasteiger partial charge in [-0.1, -0.05) is 18.2 Å². The molecular weight excluding hydrogens is 354 g/mol. The van der Waals surface area contributed by atoms with Crippen LogP contribution in [0.4, 0.5) is 11.4 Å². The van der Waals surface area contributed by atoms with Crippen molar-refractivity contribution in [1.29, 1.82) is 0 Å². The van der Waals surface area contributed by atoms with Crippen molar-refractivity contribution in [3.8, 4) is 0 Å². The van der Waals surface area contributed by atoms with Crippen LogP contribution in [0.3, 0.4) is 0 Å². The maximum atomic E-state index is 10.6. The molecule has 0 saturated carbocycles. The molecule has 0 spiro atoms. The van der Waals surface area contributed by atoms with Gasteiger partial charge in [0.25, 0.3) is 0 Å². The Labute approximate surface area is 163 Å². The van der Waals surface area contributed by atoms with Gasteiger partial charge in [0.15, 0.2) is 6.23 Å².